The van der Waals surface area contributed by atoms with Crippen LogP contribution in [0, 0.1) is 10.1 Å². The van der Waals surface area contributed by atoms with Crippen LogP contribution in [0.4, 0.5) is 0 Å². The fourth-order valence-electron chi connectivity index (χ4n) is 2.43. The van der Waals surface area contributed by atoms with Crippen LogP contribution in [-0.4, -0.2) is 21.9 Å². The highest BCUT2D eigenvalue weighted by molar-refractivity contribution is 5.80. The predicted molar refractivity (Wildman–Crippen MR) is 89.0 cm³/mol. The maximum absolute atomic E-state index is 12.1. The summed E-state index contributed by atoms with van der Waals surface area (Å²) in [6, 6.07) is 3.57. The number of benzene rings is 1. The molecule has 2 aromatic rings. The molecule has 9 heteroatoms. The van der Waals surface area contributed by atoms with Gasteiger partial charge in [-0.1, -0.05) is 6.08 Å². The molecule has 1 aliphatic carbocycles. The fraction of sp³-hybridized carbons (Fsp3) is 0.235. The number of carbonyl (C=O) groups is 1. The largest absolute Gasteiger partial charge is 0.488 e. The summed E-state index contributed by atoms with van der Waals surface area (Å²) in [4.78, 5) is 37.7. The Bertz CT molecular complexity index is 990. The van der Waals surface area contributed by atoms with Gasteiger partial charge in [0.15, 0.2) is 6.61 Å². The van der Waals surface area contributed by atoms with Gasteiger partial charge in [0.1, 0.15) is 11.5 Å². The highest BCUT2D eigenvalue weighted by Crippen LogP contribution is 2.20. The Morgan fingerprint density at radius 3 is 3.00 bits per heavy atom. The van der Waals surface area contributed by atoms with Crippen molar-refractivity contribution < 1.29 is 23.6 Å². The number of allylic oxidation sites excluding steroid dienone is 2. The Kier molecular flexibility index (Phi) is 4.78. The number of nitrogens with zero attached hydrogens (tertiary/aromatic N) is 2. The van der Waals surface area contributed by atoms with Gasteiger partial charge in [-0.05, 0) is 30.4 Å². The molecule has 0 saturated heterocycles. The Hall–Kier alpha value is -3.49. The molecule has 0 fully saturated rings. The lowest BCUT2D eigenvalue weighted by molar-refractivity contribution is -0.509. The standard InChI is InChI=1S/C17H14N2O7/c1-10(20)25-13-5-6-15-14(8-13)17(21)26-16(18-15)9-24-12-4-2-3-11(7-12)19(22)23/h2-6,8,11H,7,9H2,1H3/t11-/m1/s1. The van der Waals surface area contributed by atoms with Crippen molar-refractivity contribution in [2.24, 2.45) is 0 Å². The lowest BCUT2D eigenvalue weighted by atomic mass is 10.1. The molecular weight excluding hydrogens is 344 g/mol. The van der Waals surface area contributed by atoms with Crippen molar-refractivity contribution >= 4 is 16.9 Å². The number of ether oxygens (including phenoxy) is 2. The zero-order valence-corrected chi connectivity index (χ0v) is 13.7. The van der Waals surface area contributed by atoms with Crippen molar-refractivity contribution in [2.45, 2.75) is 26.0 Å². The molecule has 1 aliphatic rings. The van der Waals surface area contributed by atoms with Gasteiger partial charge in [-0.15, -0.1) is 0 Å². The van der Waals surface area contributed by atoms with Crippen molar-refractivity contribution in [3.05, 3.63) is 68.6 Å². The van der Waals surface area contributed by atoms with Gasteiger partial charge < -0.3 is 13.9 Å². The zero-order chi connectivity index (χ0) is 18.7. The molecule has 0 spiro atoms. The van der Waals surface area contributed by atoms with E-state index in [1.54, 1.807) is 12.2 Å². The second-order valence-electron chi connectivity index (χ2n) is 5.53. The van der Waals surface area contributed by atoms with Gasteiger partial charge >= 0.3 is 11.6 Å². The maximum atomic E-state index is 12.1. The van der Waals surface area contributed by atoms with Crippen molar-refractivity contribution in [1.82, 2.24) is 4.98 Å². The second kappa shape index (κ2) is 7.18. The van der Waals surface area contributed by atoms with E-state index in [-0.39, 0.29) is 30.1 Å². The van der Waals surface area contributed by atoms with Gasteiger partial charge in [0.05, 0.1) is 17.3 Å². The van der Waals surface area contributed by atoms with Crippen LogP contribution >= 0.6 is 0 Å². The molecule has 1 atom stereocenters. The molecule has 0 N–H and O–H groups in total. The van der Waals surface area contributed by atoms with E-state index in [2.05, 4.69) is 4.98 Å². The van der Waals surface area contributed by atoms with Crippen LogP contribution in [0.3, 0.4) is 0 Å². The van der Waals surface area contributed by atoms with Gasteiger partial charge in [-0.3, -0.25) is 14.9 Å². The van der Waals surface area contributed by atoms with Crippen LogP contribution in [0.5, 0.6) is 5.75 Å². The Balaban J connectivity index is 1.76. The SMILES string of the molecule is CC(=O)Oc1ccc2nc(COC3=CC=C[C@@H]([N+](=O)[O-])C3)oc(=O)c2c1. The first kappa shape index (κ1) is 17.3. The molecule has 26 heavy (non-hydrogen) atoms. The zero-order valence-electron chi connectivity index (χ0n) is 13.7. The monoisotopic (exact) mass is 358 g/mol. The molecule has 0 amide bonds. The van der Waals surface area contributed by atoms with Gasteiger partial charge in [0.25, 0.3) is 0 Å². The number of aromatic nitrogens is 1. The highest BCUT2D eigenvalue weighted by Gasteiger charge is 2.22. The Morgan fingerprint density at radius 1 is 1.46 bits per heavy atom. The van der Waals surface area contributed by atoms with E-state index in [1.165, 1.54) is 31.2 Å². The van der Waals surface area contributed by atoms with Crippen LogP contribution in [0.25, 0.3) is 10.9 Å². The number of fused-ring (bicyclic) bond motifs is 1. The number of hydrogen-bond donors (Lipinski definition) is 0. The summed E-state index contributed by atoms with van der Waals surface area (Å²) in [5, 5.41) is 11.0. The first-order valence-electron chi connectivity index (χ1n) is 7.68. The molecule has 0 aliphatic heterocycles. The maximum Gasteiger partial charge on any atom is 0.347 e. The molecule has 0 radical (unpaired) electrons. The molecular formula is C17H14N2O7. The second-order valence-corrected chi connectivity index (χ2v) is 5.53. The van der Waals surface area contributed by atoms with Gasteiger partial charge in [-0.25, -0.2) is 9.78 Å². The minimum absolute atomic E-state index is 0.0378. The van der Waals surface area contributed by atoms with Crippen molar-refractivity contribution in [2.75, 3.05) is 0 Å². The first-order valence-corrected chi connectivity index (χ1v) is 7.68. The van der Waals surface area contributed by atoms with Crippen LogP contribution in [0.1, 0.15) is 19.2 Å². The summed E-state index contributed by atoms with van der Waals surface area (Å²) in [6.45, 7) is 1.12. The molecule has 0 bridgehead atoms. The molecule has 1 aromatic carbocycles. The molecule has 134 valence electrons. The molecule has 3 rings (SSSR count). The third-order valence-electron chi connectivity index (χ3n) is 3.58. The number of esters is 1. The Morgan fingerprint density at radius 2 is 2.27 bits per heavy atom. The minimum Gasteiger partial charge on any atom is -0.488 e. The summed E-state index contributed by atoms with van der Waals surface area (Å²) in [5.41, 5.74) is -0.292. The first-order chi connectivity index (χ1) is 12.4. The Labute approximate surface area is 146 Å². The number of hydrogen-bond acceptors (Lipinski definition) is 8. The topological polar surface area (TPSA) is 122 Å². The highest BCUT2D eigenvalue weighted by atomic mass is 16.6. The van der Waals surface area contributed by atoms with Crippen molar-refractivity contribution in [3.8, 4) is 5.75 Å². The van der Waals surface area contributed by atoms with Crippen LogP contribution in [0.2, 0.25) is 0 Å². The smallest absolute Gasteiger partial charge is 0.347 e. The van der Waals surface area contributed by atoms with Gasteiger partial charge in [-0.2, -0.15) is 0 Å². The van der Waals surface area contributed by atoms with E-state index >= 15 is 0 Å². The van der Waals surface area contributed by atoms with E-state index in [9.17, 15) is 19.7 Å². The van der Waals surface area contributed by atoms with E-state index < -0.39 is 22.6 Å². The number of rotatable bonds is 5. The van der Waals surface area contributed by atoms with Crippen molar-refractivity contribution in [3.63, 3.8) is 0 Å². The normalized spacial score (nSPS) is 16.2. The molecule has 0 saturated carbocycles. The summed E-state index contributed by atoms with van der Waals surface area (Å²) in [6.07, 6.45) is 4.76. The minimum atomic E-state index is -0.841. The van der Waals surface area contributed by atoms with E-state index in [0.29, 0.717) is 11.3 Å². The summed E-state index contributed by atoms with van der Waals surface area (Å²) >= 11 is 0. The average Bonchev–Trinajstić information content (AvgIpc) is 2.60. The van der Waals surface area contributed by atoms with Crippen LogP contribution in [-0.2, 0) is 16.1 Å². The quantitative estimate of drug-likeness (QED) is 0.345. The van der Waals surface area contributed by atoms with Crippen LogP contribution < -0.4 is 10.4 Å². The molecule has 1 aromatic heterocycles. The molecule has 0 unspecified atom stereocenters. The van der Waals surface area contributed by atoms with Gasteiger partial charge in [0.2, 0.25) is 11.9 Å². The van der Waals surface area contributed by atoms with E-state index in [1.807, 2.05) is 0 Å². The van der Waals surface area contributed by atoms with E-state index in [4.69, 9.17) is 13.9 Å². The predicted octanol–water partition coefficient (Wildman–Crippen LogP) is 2.12. The van der Waals surface area contributed by atoms with Gasteiger partial charge in [0, 0.05) is 11.8 Å². The average molecular weight is 358 g/mol. The third kappa shape index (κ3) is 3.94. The van der Waals surface area contributed by atoms with Crippen LogP contribution in [0.15, 0.2) is 51.4 Å². The molecule has 9 nitrogen and oxygen atoms in total. The summed E-state index contributed by atoms with van der Waals surface area (Å²) < 4.78 is 15.5. The summed E-state index contributed by atoms with van der Waals surface area (Å²) in [7, 11) is 0. The fourth-order valence-corrected chi connectivity index (χ4v) is 2.43. The van der Waals surface area contributed by atoms with Crippen molar-refractivity contribution in [1.29, 1.82) is 0 Å². The summed E-state index contributed by atoms with van der Waals surface area (Å²) in [5.74, 6) is 0.155. The number of nitro groups is 1. The van der Waals surface area contributed by atoms with E-state index in [0.717, 1.165) is 0 Å². The lowest BCUT2D eigenvalue weighted by Gasteiger charge is -2.13. The molecule has 1 heterocycles. The number of carbonyl (C=O) groups excluding carboxylic acids is 1. The third-order valence-corrected chi connectivity index (χ3v) is 3.58. The lowest BCUT2D eigenvalue weighted by Crippen LogP contribution is -2.20.